The van der Waals surface area contributed by atoms with Gasteiger partial charge >= 0.3 is 0 Å². The van der Waals surface area contributed by atoms with Gasteiger partial charge in [-0.25, -0.2) is 0 Å². The third kappa shape index (κ3) is 2.79. The maximum absolute atomic E-state index is 5.63. The molecule has 0 aromatic heterocycles. The predicted octanol–water partition coefficient (Wildman–Crippen LogP) is 2.01. The van der Waals surface area contributed by atoms with Gasteiger partial charge in [-0.15, -0.1) is 0 Å². The van der Waals surface area contributed by atoms with Gasteiger partial charge in [-0.1, -0.05) is 27.7 Å². The number of rotatable bonds is 4. The fraction of sp³-hybridized carbons (Fsp3) is 0.929. The Morgan fingerprint density at radius 3 is 2.39 bits per heavy atom. The second-order valence-corrected chi connectivity index (χ2v) is 6.40. The number of hydrogen-bond acceptors (Lipinski definition) is 2. The summed E-state index contributed by atoms with van der Waals surface area (Å²) in [4.78, 5) is 4.27. The monoisotopic (exact) mass is 255 g/mol. The second kappa shape index (κ2) is 5.47. The first-order valence-corrected chi connectivity index (χ1v) is 6.79. The minimum Gasteiger partial charge on any atom is -0.378 e. The minimum atomic E-state index is -0.0401. The van der Waals surface area contributed by atoms with Gasteiger partial charge in [0, 0.05) is 32.2 Å². The lowest BCUT2D eigenvalue weighted by molar-refractivity contribution is -0.176. The Morgan fingerprint density at radius 1 is 1.39 bits per heavy atom. The first-order chi connectivity index (χ1) is 8.26. The number of methoxy groups -OCH3 is 1. The molecule has 106 valence electrons. The molecule has 4 heteroatoms. The minimum absolute atomic E-state index is 0.0401. The van der Waals surface area contributed by atoms with Gasteiger partial charge in [0.1, 0.15) is 0 Å². The number of guanidine groups is 1. The molecule has 0 radical (unpaired) electrons. The summed E-state index contributed by atoms with van der Waals surface area (Å²) in [5, 5.41) is 6.85. The van der Waals surface area contributed by atoms with Gasteiger partial charge < -0.3 is 15.4 Å². The van der Waals surface area contributed by atoms with Crippen LogP contribution in [0.15, 0.2) is 4.99 Å². The molecular weight excluding hydrogens is 226 g/mol. The molecule has 0 aliphatic heterocycles. The largest absolute Gasteiger partial charge is 0.378 e. The predicted molar refractivity (Wildman–Crippen MR) is 76.9 cm³/mol. The molecule has 0 heterocycles. The van der Waals surface area contributed by atoms with Crippen molar-refractivity contribution in [2.24, 2.45) is 16.3 Å². The molecule has 1 aliphatic rings. The van der Waals surface area contributed by atoms with E-state index < -0.39 is 0 Å². The highest BCUT2D eigenvalue weighted by molar-refractivity contribution is 5.80. The maximum Gasteiger partial charge on any atom is 0.191 e. The Labute approximate surface area is 112 Å². The van der Waals surface area contributed by atoms with Crippen molar-refractivity contribution in [3.63, 3.8) is 0 Å². The average molecular weight is 255 g/mol. The van der Waals surface area contributed by atoms with E-state index in [1.54, 1.807) is 7.11 Å². The van der Waals surface area contributed by atoms with E-state index in [2.05, 4.69) is 50.2 Å². The lowest BCUT2D eigenvalue weighted by atomic mass is 9.56. The Morgan fingerprint density at radius 2 is 2.00 bits per heavy atom. The Hall–Kier alpha value is -0.770. The summed E-state index contributed by atoms with van der Waals surface area (Å²) < 4.78 is 5.63. The van der Waals surface area contributed by atoms with Crippen LogP contribution in [0.4, 0.5) is 0 Å². The van der Waals surface area contributed by atoms with E-state index in [4.69, 9.17) is 4.74 Å². The highest BCUT2D eigenvalue weighted by Crippen LogP contribution is 2.51. The number of nitrogens with zero attached hydrogens (tertiary/aromatic N) is 1. The maximum atomic E-state index is 5.63. The smallest absolute Gasteiger partial charge is 0.191 e. The van der Waals surface area contributed by atoms with Crippen LogP contribution in [0.5, 0.6) is 0 Å². The van der Waals surface area contributed by atoms with Crippen molar-refractivity contribution in [1.82, 2.24) is 10.6 Å². The van der Waals surface area contributed by atoms with E-state index in [9.17, 15) is 0 Å². The van der Waals surface area contributed by atoms with E-state index in [0.29, 0.717) is 12.0 Å². The third-order valence-electron chi connectivity index (χ3n) is 4.49. The first kappa shape index (κ1) is 15.3. The molecular formula is C14H29N3O. The Kier molecular flexibility index (Phi) is 4.65. The molecule has 4 nitrogen and oxygen atoms in total. The van der Waals surface area contributed by atoms with Crippen molar-refractivity contribution < 1.29 is 4.74 Å². The Bertz CT molecular complexity index is 312. The normalized spacial score (nSPS) is 31.1. The molecule has 1 aliphatic carbocycles. The van der Waals surface area contributed by atoms with Gasteiger partial charge in [0.15, 0.2) is 5.96 Å². The topological polar surface area (TPSA) is 45.7 Å². The standard InChI is InChI=1S/C14H29N3O/c1-10(2)9-16-12(15-6)17-11-8-14(5,18-7)13(11,3)4/h10-11H,8-9H2,1-7H3,(H2,15,16,17). The molecule has 1 saturated carbocycles. The number of aliphatic imine (C=N–C) groups is 1. The van der Waals surface area contributed by atoms with E-state index in [1.165, 1.54) is 0 Å². The summed E-state index contributed by atoms with van der Waals surface area (Å²) in [6.45, 7) is 12.0. The van der Waals surface area contributed by atoms with Crippen LogP contribution in [-0.4, -0.2) is 38.3 Å². The molecule has 0 aromatic rings. The van der Waals surface area contributed by atoms with E-state index in [-0.39, 0.29) is 11.0 Å². The fourth-order valence-corrected chi connectivity index (χ4v) is 2.38. The highest BCUT2D eigenvalue weighted by atomic mass is 16.5. The zero-order chi connectivity index (χ0) is 14.0. The van der Waals surface area contributed by atoms with Gasteiger partial charge in [-0.05, 0) is 19.3 Å². The van der Waals surface area contributed by atoms with Crippen LogP contribution >= 0.6 is 0 Å². The zero-order valence-electron chi connectivity index (χ0n) is 12.9. The quantitative estimate of drug-likeness (QED) is 0.597. The molecule has 0 aromatic carbocycles. The van der Waals surface area contributed by atoms with Crippen LogP contribution in [-0.2, 0) is 4.74 Å². The average Bonchev–Trinajstić information content (AvgIpc) is 2.32. The van der Waals surface area contributed by atoms with E-state index >= 15 is 0 Å². The molecule has 0 spiro atoms. The molecule has 0 bridgehead atoms. The number of hydrogen-bond donors (Lipinski definition) is 2. The van der Waals surface area contributed by atoms with Gasteiger partial charge in [-0.3, -0.25) is 4.99 Å². The van der Waals surface area contributed by atoms with Gasteiger partial charge in [0.05, 0.1) is 5.60 Å². The second-order valence-electron chi connectivity index (χ2n) is 6.40. The summed E-state index contributed by atoms with van der Waals surface area (Å²) in [5.74, 6) is 1.50. The van der Waals surface area contributed by atoms with Crippen LogP contribution in [0.1, 0.15) is 41.0 Å². The zero-order valence-corrected chi connectivity index (χ0v) is 12.9. The molecule has 0 saturated heterocycles. The van der Waals surface area contributed by atoms with E-state index in [1.807, 2.05) is 7.05 Å². The van der Waals surface area contributed by atoms with Crippen LogP contribution in [0.2, 0.25) is 0 Å². The summed E-state index contributed by atoms with van der Waals surface area (Å²) >= 11 is 0. The van der Waals surface area contributed by atoms with E-state index in [0.717, 1.165) is 18.9 Å². The van der Waals surface area contributed by atoms with Gasteiger partial charge in [0.25, 0.3) is 0 Å². The molecule has 18 heavy (non-hydrogen) atoms. The molecule has 2 N–H and O–H groups in total. The van der Waals surface area contributed by atoms with Crippen molar-refractivity contribution in [1.29, 1.82) is 0 Å². The fourth-order valence-electron chi connectivity index (χ4n) is 2.38. The SMILES string of the molecule is CN=C(NCC(C)C)NC1CC(C)(OC)C1(C)C. The summed E-state index contributed by atoms with van der Waals surface area (Å²) in [5.41, 5.74) is 0.0682. The molecule has 1 fully saturated rings. The van der Waals surface area contributed by atoms with Crippen molar-refractivity contribution in [2.45, 2.75) is 52.7 Å². The van der Waals surface area contributed by atoms with Crippen LogP contribution in [0, 0.1) is 11.3 Å². The number of ether oxygens (including phenoxy) is 1. The lowest BCUT2D eigenvalue weighted by Gasteiger charge is -2.59. The first-order valence-electron chi connectivity index (χ1n) is 6.79. The van der Waals surface area contributed by atoms with Gasteiger partial charge in [-0.2, -0.15) is 0 Å². The summed E-state index contributed by atoms with van der Waals surface area (Å²) in [6, 6.07) is 0.404. The van der Waals surface area contributed by atoms with Crippen molar-refractivity contribution in [3.8, 4) is 0 Å². The molecule has 1 rings (SSSR count). The highest BCUT2D eigenvalue weighted by Gasteiger charge is 2.57. The lowest BCUT2D eigenvalue weighted by Crippen LogP contribution is -2.69. The van der Waals surface area contributed by atoms with Crippen LogP contribution in [0.25, 0.3) is 0 Å². The third-order valence-corrected chi connectivity index (χ3v) is 4.49. The molecule has 2 atom stereocenters. The van der Waals surface area contributed by atoms with Gasteiger partial charge in [0.2, 0.25) is 0 Å². The molecule has 0 amide bonds. The summed E-state index contributed by atoms with van der Waals surface area (Å²) in [6.07, 6.45) is 1.01. The van der Waals surface area contributed by atoms with Crippen molar-refractivity contribution in [2.75, 3.05) is 20.7 Å². The van der Waals surface area contributed by atoms with Crippen molar-refractivity contribution >= 4 is 5.96 Å². The Balaban J connectivity index is 2.54. The van der Waals surface area contributed by atoms with Crippen molar-refractivity contribution in [3.05, 3.63) is 0 Å². The number of nitrogens with one attached hydrogen (secondary N) is 2. The summed E-state index contributed by atoms with van der Waals surface area (Å²) in [7, 11) is 3.61. The van der Waals surface area contributed by atoms with Crippen LogP contribution in [0.3, 0.4) is 0 Å². The molecule has 2 unspecified atom stereocenters. The van der Waals surface area contributed by atoms with Crippen LogP contribution < -0.4 is 10.6 Å².